The molecule has 0 aliphatic rings. The lowest BCUT2D eigenvalue weighted by molar-refractivity contribution is -0.143. The van der Waals surface area contributed by atoms with E-state index in [4.69, 9.17) is 22.1 Å². The molecule has 3 N–H and O–H groups in total. The van der Waals surface area contributed by atoms with Crippen molar-refractivity contribution in [3.8, 4) is 17.4 Å². The summed E-state index contributed by atoms with van der Waals surface area (Å²) in [5, 5.41) is 5.78. The van der Waals surface area contributed by atoms with Crippen LogP contribution in [0.3, 0.4) is 0 Å². The summed E-state index contributed by atoms with van der Waals surface area (Å²) in [6.45, 7) is 1.67. The van der Waals surface area contributed by atoms with Gasteiger partial charge in [-0.05, 0) is 36.8 Å². The van der Waals surface area contributed by atoms with Crippen LogP contribution in [0.4, 0.5) is 29.1 Å². The van der Waals surface area contributed by atoms with Gasteiger partial charge in [0, 0.05) is 18.0 Å². The molecule has 0 saturated heterocycles. The van der Waals surface area contributed by atoms with Crippen molar-refractivity contribution in [2.45, 2.75) is 13.1 Å². The van der Waals surface area contributed by atoms with Gasteiger partial charge in [-0.25, -0.2) is 19.0 Å². The van der Waals surface area contributed by atoms with Gasteiger partial charge in [-0.2, -0.15) is 23.3 Å². The standard InChI is InChI=1S/C21H14ClF4N7O2/c1-10-4-5-28-15(6-10)33-17(21(24,25)26)12(8-31-33)19(34)32-11-2-3-14(13(23)7-11)35-20-16(22)18(27)29-9-30-20/h2-9H,1H3,(H,32,34)(H2,27,29,30). The summed E-state index contributed by atoms with van der Waals surface area (Å²) in [6, 6.07) is 6.18. The third-order valence-corrected chi connectivity index (χ3v) is 4.94. The number of benzene rings is 1. The van der Waals surface area contributed by atoms with E-state index in [2.05, 4.69) is 25.4 Å². The van der Waals surface area contributed by atoms with Crippen LogP contribution in [0, 0.1) is 12.7 Å². The molecule has 0 unspecified atom stereocenters. The third-order valence-electron chi connectivity index (χ3n) is 4.58. The lowest BCUT2D eigenvalue weighted by atomic mass is 10.2. The molecule has 1 amide bonds. The van der Waals surface area contributed by atoms with Crippen molar-refractivity contribution in [3.05, 3.63) is 76.7 Å². The molecule has 0 atom stereocenters. The van der Waals surface area contributed by atoms with Gasteiger partial charge in [0.15, 0.2) is 23.1 Å². The number of halogens is 5. The zero-order chi connectivity index (χ0) is 25.3. The lowest BCUT2D eigenvalue weighted by Crippen LogP contribution is -2.21. The summed E-state index contributed by atoms with van der Waals surface area (Å²) in [4.78, 5) is 24.0. The molecule has 0 aliphatic carbocycles. The number of anilines is 2. The monoisotopic (exact) mass is 507 g/mol. The number of pyridine rings is 1. The fourth-order valence-corrected chi connectivity index (χ4v) is 3.13. The number of amides is 1. The molecule has 0 fully saturated rings. The number of nitrogens with zero attached hydrogens (tertiary/aromatic N) is 5. The Hall–Kier alpha value is -4.26. The van der Waals surface area contributed by atoms with E-state index in [1.165, 1.54) is 18.3 Å². The Balaban J connectivity index is 1.60. The second kappa shape index (κ2) is 9.18. The van der Waals surface area contributed by atoms with Crippen molar-refractivity contribution in [3.63, 3.8) is 0 Å². The molecule has 35 heavy (non-hydrogen) atoms. The number of hydrogen-bond acceptors (Lipinski definition) is 7. The van der Waals surface area contributed by atoms with Gasteiger partial charge in [0.1, 0.15) is 17.2 Å². The van der Waals surface area contributed by atoms with Crippen LogP contribution in [0.25, 0.3) is 5.82 Å². The normalized spacial score (nSPS) is 11.4. The Morgan fingerprint density at radius 1 is 1.17 bits per heavy atom. The SMILES string of the molecule is Cc1ccnc(-n2ncc(C(=O)Nc3ccc(Oc4ncnc(N)c4Cl)c(F)c3)c2C(F)(F)F)c1. The Morgan fingerprint density at radius 3 is 2.63 bits per heavy atom. The van der Waals surface area contributed by atoms with Crippen molar-refractivity contribution in [1.82, 2.24) is 24.7 Å². The molecule has 180 valence electrons. The number of carbonyl (C=O) groups excluding carboxylic acids is 1. The van der Waals surface area contributed by atoms with E-state index in [1.54, 1.807) is 13.0 Å². The molecule has 3 aromatic heterocycles. The number of alkyl halides is 3. The summed E-state index contributed by atoms with van der Waals surface area (Å²) in [5.41, 5.74) is 3.95. The van der Waals surface area contributed by atoms with Crippen LogP contribution in [0.1, 0.15) is 21.6 Å². The van der Waals surface area contributed by atoms with E-state index in [-0.39, 0.29) is 34.0 Å². The second-order valence-electron chi connectivity index (χ2n) is 7.09. The van der Waals surface area contributed by atoms with Crippen molar-refractivity contribution >= 4 is 29.0 Å². The highest BCUT2D eigenvalue weighted by molar-refractivity contribution is 6.34. The molecule has 0 aliphatic heterocycles. The third kappa shape index (κ3) is 4.99. The van der Waals surface area contributed by atoms with Crippen molar-refractivity contribution in [1.29, 1.82) is 0 Å². The van der Waals surface area contributed by atoms with Crippen LogP contribution in [0.2, 0.25) is 5.02 Å². The van der Waals surface area contributed by atoms with Gasteiger partial charge in [-0.1, -0.05) is 11.6 Å². The van der Waals surface area contributed by atoms with Crippen molar-refractivity contribution in [2.24, 2.45) is 0 Å². The maximum atomic E-state index is 14.6. The average Bonchev–Trinajstić information content (AvgIpc) is 3.25. The van der Waals surface area contributed by atoms with E-state index in [0.717, 1.165) is 24.7 Å². The van der Waals surface area contributed by atoms with Gasteiger partial charge >= 0.3 is 6.18 Å². The molecule has 14 heteroatoms. The Kier molecular flexibility index (Phi) is 6.26. The first-order valence-electron chi connectivity index (χ1n) is 9.67. The summed E-state index contributed by atoms with van der Waals surface area (Å²) in [7, 11) is 0. The lowest BCUT2D eigenvalue weighted by Gasteiger charge is -2.13. The van der Waals surface area contributed by atoms with Gasteiger partial charge in [-0.15, -0.1) is 0 Å². The van der Waals surface area contributed by atoms with E-state index < -0.39 is 29.2 Å². The number of nitrogen functional groups attached to an aromatic ring is 1. The van der Waals surface area contributed by atoms with Gasteiger partial charge in [0.05, 0.1) is 11.8 Å². The predicted molar refractivity (Wildman–Crippen MR) is 117 cm³/mol. The molecule has 3 heterocycles. The molecular weight excluding hydrogens is 494 g/mol. The number of nitrogens with two attached hydrogens (primary N) is 1. The maximum Gasteiger partial charge on any atom is 0.434 e. The highest BCUT2D eigenvalue weighted by atomic mass is 35.5. The molecule has 0 spiro atoms. The number of rotatable bonds is 5. The van der Waals surface area contributed by atoms with Crippen LogP contribution in [-0.2, 0) is 6.18 Å². The largest absolute Gasteiger partial charge is 0.434 e. The second-order valence-corrected chi connectivity index (χ2v) is 7.47. The number of carbonyl (C=O) groups is 1. The van der Waals surface area contributed by atoms with Gasteiger partial charge in [0.2, 0.25) is 5.88 Å². The first-order valence-corrected chi connectivity index (χ1v) is 10.1. The molecule has 9 nitrogen and oxygen atoms in total. The number of hydrogen-bond donors (Lipinski definition) is 2. The van der Waals surface area contributed by atoms with E-state index >= 15 is 0 Å². The van der Waals surface area contributed by atoms with Crippen LogP contribution in [0.15, 0.2) is 49.1 Å². The van der Waals surface area contributed by atoms with E-state index in [9.17, 15) is 22.4 Å². The first-order chi connectivity index (χ1) is 16.5. The van der Waals surface area contributed by atoms with Gasteiger partial charge < -0.3 is 15.8 Å². The van der Waals surface area contributed by atoms with E-state index in [0.29, 0.717) is 10.2 Å². The molecule has 0 radical (unpaired) electrons. The molecule has 4 rings (SSSR count). The summed E-state index contributed by atoms with van der Waals surface area (Å²) < 4.78 is 61.9. The van der Waals surface area contributed by atoms with Crippen molar-refractivity contribution < 1.29 is 27.1 Å². The minimum Gasteiger partial charge on any atom is -0.434 e. The smallest absolute Gasteiger partial charge is 0.434 e. The summed E-state index contributed by atoms with van der Waals surface area (Å²) in [5.74, 6) is -2.84. The zero-order valence-electron chi connectivity index (χ0n) is 17.6. The molecule has 1 aromatic carbocycles. The molecule has 0 bridgehead atoms. The quantitative estimate of drug-likeness (QED) is 0.372. The van der Waals surface area contributed by atoms with E-state index in [1.807, 2.05) is 0 Å². The van der Waals surface area contributed by atoms with Crippen LogP contribution in [0.5, 0.6) is 11.6 Å². The van der Waals surface area contributed by atoms with Crippen molar-refractivity contribution in [2.75, 3.05) is 11.1 Å². The number of aromatic nitrogens is 5. The fourth-order valence-electron chi connectivity index (χ4n) is 3.00. The Bertz CT molecular complexity index is 1430. The fraction of sp³-hybridized carbons (Fsp3) is 0.0952. The molecule has 0 saturated carbocycles. The number of ether oxygens (including phenoxy) is 1. The summed E-state index contributed by atoms with van der Waals surface area (Å²) in [6.07, 6.45) is -1.79. The zero-order valence-corrected chi connectivity index (χ0v) is 18.4. The Morgan fingerprint density at radius 2 is 1.94 bits per heavy atom. The number of nitrogens with one attached hydrogen (secondary N) is 1. The summed E-state index contributed by atoms with van der Waals surface area (Å²) >= 11 is 5.91. The first kappa shape index (κ1) is 23.9. The highest BCUT2D eigenvalue weighted by Crippen LogP contribution is 2.35. The number of aryl methyl sites for hydroxylation is 1. The van der Waals surface area contributed by atoms with Crippen LogP contribution >= 0.6 is 11.6 Å². The average molecular weight is 508 g/mol. The maximum absolute atomic E-state index is 14.6. The minimum atomic E-state index is -4.93. The minimum absolute atomic E-state index is 0.0807. The molecular formula is C21H14ClF4N7O2. The van der Waals surface area contributed by atoms with Crippen LogP contribution < -0.4 is 15.8 Å². The topological polar surface area (TPSA) is 121 Å². The Labute approximate surface area is 199 Å². The van der Waals surface area contributed by atoms with Crippen LogP contribution in [-0.4, -0.2) is 30.6 Å². The highest BCUT2D eigenvalue weighted by Gasteiger charge is 2.41. The predicted octanol–water partition coefficient (Wildman–Crippen LogP) is 4.80. The van der Waals surface area contributed by atoms with Gasteiger partial charge in [0.25, 0.3) is 5.91 Å². The molecule has 4 aromatic rings. The van der Waals surface area contributed by atoms with Gasteiger partial charge in [-0.3, -0.25) is 4.79 Å².